The SMILES string of the molecule is CCC/C=C\C/C=C\CCCCCCCC(=O)OCC(COC(=O)CCCCCCCCCCCCCCC/C=C\CCCCCCCCCC)OC(=O)CCCCCCCCCCC/C=C\CCCCCCCCCC. The Labute approximate surface area is 479 Å². The van der Waals surface area contributed by atoms with Crippen molar-refractivity contribution >= 4 is 17.9 Å². The smallest absolute Gasteiger partial charge is 0.306 e. The molecule has 0 heterocycles. The fraction of sp³-hybridized carbons (Fsp3) is 0.845. The molecule has 0 saturated carbocycles. The van der Waals surface area contributed by atoms with E-state index in [1.54, 1.807) is 0 Å². The second-order valence-electron chi connectivity index (χ2n) is 23.1. The molecule has 0 aliphatic rings. The van der Waals surface area contributed by atoms with Gasteiger partial charge in [-0.3, -0.25) is 14.4 Å². The van der Waals surface area contributed by atoms with Crippen molar-refractivity contribution in [2.75, 3.05) is 13.2 Å². The standard InChI is InChI=1S/C71H130O6/c1-4-7-10-13-16-19-22-25-27-29-31-33-34-35-36-38-39-41-43-46-49-52-55-58-61-64-70(73)76-67-68(66-75-69(72)63-60-57-54-51-48-45-24-21-18-15-12-9-6-3)77-71(74)65-62-59-56-53-50-47-44-42-40-37-32-30-28-26-23-20-17-14-11-8-5-2/h12,15,21,24,29-32,68H,4-11,13-14,16-20,22-23,25-28,33-67H2,1-3H3/b15-12-,24-21-,31-29-,32-30-. The van der Waals surface area contributed by atoms with E-state index in [1.807, 2.05) is 0 Å². The Morgan fingerprint density at radius 1 is 0.260 bits per heavy atom. The molecule has 6 nitrogen and oxygen atoms in total. The quantitative estimate of drug-likeness (QED) is 0.0261. The summed E-state index contributed by atoms with van der Waals surface area (Å²) in [7, 11) is 0. The Morgan fingerprint density at radius 3 is 0.779 bits per heavy atom. The molecule has 0 aliphatic heterocycles. The first kappa shape index (κ1) is 74.4. The number of hydrogen-bond acceptors (Lipinski definition) is 6. The fourth-order valence-electron chi connectivity index (χ4n) is 10.1. The summed E-state index contributed by atoms with van der Waals surface area (Å²) in [6.07, 6.45) is 82.8. The van der Waals surface area contributed by atoms with Crippen LogP contribution in [0.5, 0.6) is 0 Å². The van der Waals surface area contributed by atoms with Crippen LogP contribution in [0.15, 0.2) is 48.6 Å². The van der Waals surface area contributed by atoms with Crippen LogP contribution < -0.4 is 0 Å². The average Bonchev–Trinajstić information content (AvgIpc) is 3.43. The Balaban J connectivity index is 4.26. The number of esters is 3. The fourth-order valence-corrected chi connectivity index (χ4v) is 10.1. The number of rotatable bonds is 63. The van der Waals surface area contributed by atoms with Gasteiger partial charge < -0.3 is 14.2 Å². The molecule has 0 aromatic heterocycles. The minimum Gasteiger partial charge on any atom is -0.462 e. The van der Waals surface area contributed by atoms with Gasteiger partial charge in [0.2, 0.25) is 0 Å². The molecular weight excluding hydrogens is 949 g/mol. The van der Waals surface area contributed by atoms with Crippen molar-refractivity contribution in [1.29, 1.82) is 0 Å². The van der Waals surface area contributed by atoms with Crippen molar-refractivity contribution in [3.05, 3.63) is 48.6 Å². The minimum absolute atomic E-state index is 0.0757. The van der Waals surface area contributed by atoms with Gasteiger partial charge in [-0.2, -0.15) is 0 Å². The molecule has 1 unspecified atom stereocenters. The van der Waals surface area contributed by atoms with Crippen LogP contribution in [0.2, 0.25) is 0 Å². The summed E-state index contributed by atoms with van der Waals surface area (Å²) < 4.78 is 17.0. The van der Waals surface area contributed by atoms with Gasteiger partial charge in [0.05, 0.1) is 0 Å². The molecule has 0 saturated heterocycles. The van der Waals surface area contributed by atoms with Crippen molar-refractivity contribution in [1.82, 2.24) is 0 Å². The highest BCUT2D eigenvalue weighted by atomic mass is 16.6. The first-order valence-corrected chi connectivity index (χ1v) is 34.1. The van der Waals surface area contributed by atoms with Crippen molar-refractivity contribution < 1.29 is 28.6 Å². The molecule has 0 rings (SSSR count). The molecule has 0 spiro atoms. The Bertz CT molecular complexity index is 1330. The van der Waals surface area contributed by atoms with E-state index >= 15 is 0 Å². The van der Waals surface area contributed by atoms with Gasteiger partial charge >= 0.3 is 17.9 Å². The minimum atomic E-state index is -0.780. The molecule has 0 amide bonds. The molecule has 0 aromatic rings. The number of carbonyl (C=O) groups excluding carboxylic acids is 3. The van der Waals surface area contributed by atoms with E-state index in [-0.39, 0.29) is 31.1 Å². The van der Waals surface area contributed by atoms with Crippen molar-refractivity contribution in [2.45, 2.75) is 374 Å². The van der Waals surface area contributed by atoms with E-state index in [9.17, 15) is 14.4 Å². The zero-order valence-electron chi connectivity index (χ0n) is 51.7. The van der Waals surface area contributed by atoms with Gasteiger partial charge in [-0.15, -0.1) is 0 Å². The van der Waals surface area contributed by atoms with E-state index in [0.29, 0.717) is 19.3 Å². The van der Waals surface area contributed by atoms with Gasteiger partial charge in [-0.1, -0.05) is 301 Å². The molecule has 0 bridgehead atoms. The first-order chi connectivity index (χ1) is 38.0. The maximum absolute atomic E-state index is 12.9. The van der Waals surface area contributed by atoms with Crippen LogP contribution in [-0.4, -0.2) is 37.2 Å². The van der Waals surface area contributed by atoms with Crippen LogP contribution in [0.4, 0.5) is 0 Å². The Kier molecular flexibility index (Phi) is 63.6. The maximum Gasteiger partial charge on any atom is 0.306 e. The van der Waals surface area contributed by atoms with Crippen LogP contribution >= 0.6 is 0 Å². The highest BCUT2D eigenvalue weighted by Gasteiger charge is 2.19. The normalized spacial score (nSPS) is 12.3. The van der Waals surface area contributed by atoms with Crippen LogP contribution in [-0.2, 0) is 28.6 Å². The second-order valence-corrected chi connectivity index (χ2v) is 23.1. The monoisotopic (exact) mass is 1080 g/mol. The highest BCUT2D eigenvalue weighted by Crippen LogP contribution is 2.17. The van der Waals surface area contributed by atoms with Gasteiger partial charge in [0, 0.05) is 19.3 Å². The summed E-state index contributed by atoms with van der Waals surface area (Å²) in [5.41, 5.74) is 0. The summed E-state index contributed by atoms with van der Waals surface area (Å²) in [6.45, 7) is 6.62. The van der Waals surface area contributed by atoms with Crippen LogP contribution in [0.1, 0.15) is 367 Å². The molecule has 0 aliphatic carbocycles. The van der Waals surface area contributed by atoms with Gasteiger partial charge in [0.1, 0.15) is 13.2 Å². The summed E-state index contributed by atoms with van der Waals surface area (Å²) in [5, 5.41) is 0. The molecule has 6 heteroatoms. The van der Waals surface area contributed by atoms with Gasteiger partial charge in [-0.25, -0.2) is 0 Å². The van der Waals surface area contributed by atoms with Crippen LogP contribution in [0, 0.1) is 0 Å². The molecule has 1 atom stereocenters. The summed E-state index contributed by atoms with van der Waals surface area (Å²) >= 11 is 0. The Morgan fingerprint density at radius 2 is 0.494 bits per heavy atom. The number of hydrogen-bond donors (Lipinski definition) is 0. The summed E-state index contributed by atoms with van der Waals surface area (Å²) in [6, 6.07) is 0. The van der Waals surface area contributed by atoms with Gasteiger partial charge in [0.25, 0.3) is 0 Å². The molecule has 0 aromatic carbocycles. The number of ether oxygens (including phenoxy) is 3. The zero-order valence-corrected chi connectivity index (χ0v) is 51.7. The summed E-state index contributed by atoms with van der Waals surface area (Å²) in [5.74, 6) is -0.871. The third kappa shape index (κ3) is 64.1. The predicted octanol–water partition coefficient (Wildman–Crippen LogP) is 23.3. The molecular formula is C71H130O6. The van der Waals surface area contributed by atoms with Crippen molar-refractivity contribution in [2.24, 2.45) is 0 Å². The lowest BCUT2D eigenvalue weighted by Gasteiger charge is -2.18. The van der Waals surface area contributed by atoms with Crippen LogP contribution in [0.25, 0.3) is 0 Å². The number of carbonyl (C=O) groups is 3. The van der Waals surface area contributed by atoms with Gasteiger partial charge in [0.15, 0.2) is 6.10 Å². The second kappa shape index (κ2) is 65.9. The molecule has 450 valence electrons. The van der Waals surface area contributed by atoms with E-state index < -0.39 is 6.10 Å². The lowest BCUT2D eigenvalue weighted by Crippen LogP contribution is -2.30. The predicted molar refractivity (Wildman–Crippen MR) is 335 cm³/mol. The molecule has 0 fully saturated rings. The first-order valence-electron chi connectivity index (χ1n) is 34.1. The van der Waals surface area contributed by atoms with Gasteiger partial charge in [-0.05, 0) is 96.3 Å². The lowest BCUT2D eigenvalue weighted by atomic mass is 10.0. The molecule has 0 radical (unpaired) electrons. The zero-order chi connectivity index (χ0) is 55.7. The van der Waals surface area contributed by atoms with Crippen molar-refractivity contribution in [3.8, 4) is 0 Å². The van der Waals surface area contributed by atoms with Crippen molar-refractivity contribution in [3.63, 3.8) is 0 Å². The highest BCUT2D eigenvalue weighted by molar-refractivity contribution is 5.71. The van der Waals surface area contributed by atoms with E-state index in [0.717, 1.165) is 83.5 Å². The summed E-state index contributed by atoms with van der Waals surface area (Å²) in [4.78, 5) is 38.4. The maximum atomic E-state index is 12.9. The number of unbranched alkanes of at least 4 members (excludes halogenated alkanes) is 44. The molecule has 0 N–H and O–H groups in total. The average molecular weight is 1080 g/mol. The third-order valence-corrected chi connectivity index (χ3v) is 15.3. The topological polar surface area (TPSA) is 78.9 Å². The van der Waals surface area contributed by atoms with Crippen LogP contribution in [0.3, 0.4) is 0 Å². The van der Waals surface area contributed by atoms with E-state index in [4.69, 9.17) is 14.2 Å². The van der Waals surface area contributed by atoms with E-state index in [2.05, 4.69) is 69.4 Å². The molecule has 77 heavy (non-hydrogen) atoms. The van der Waals surface area contributed by atoms with E-state index in [1.165, 1.54) is 244 Å². The number of allylic oxidation sites excluding steroid dienone is 8. The lowest BCUT2D eigenvalue weighted by molar-refractivity contribution is -0.167. The third-order valence-electron chi connectivity index (χ3n) is 15.3. The largest absolute Gasteiger partial charge is 0.462 e. The Hall–Kier alpha value is -2.63.